The predicted octanol–water partition coefficient (Wildman–Crippen LogP) is 4.29. The molecule has 1 N–H and O–H groups in total. The van der Waals surface area contributed by atoms with Crippen molar-refractivity contribution in [3.63, 3.8) is 0 Å². The Kier molecular flexibility index (Phi) is 5.41. The Balaban J connectivity index is 1.67. The Hall–Kier alpha value is 0.1000. The van der Waals surface area contributed by atoms with E-state index in [0.717, 1.165) is 24.5 Å². The zero-order valence-electron chi connectivity index (χ0n) is 13.1. The zero-order valence-corrected chi connectivity index (χ0v) is 15.5. The first-order chi connectivity index (χ1) is 10.2. The second-order valence-corrected chi connectivity index (χ2v) is 9.30. The van der Waals surface area contributed by atoms with Gasteiger partial charge in [-0.3, -0.25) is 0 Å². The van der Waals surface area contributed by atoms with Gasteiger partial charge in [-0.1, -0.05) is 6.92 Å². The van der Waals surface area contributed by atoms with Crippen molar-refractivity contribution in [2.24, 2.45) is 5.92 Å². The Morgan fingerprint density at radius 1 is 1.33 bits per heavy atom. The van der Waals surface area contributed by atoms with E-state index in [9.17, 15) is 0 Å². The Morgan fingerprint density at radius 3 is 2.62 bits per heavy atom. The van der Waals surface area contributed by atoms with Crippen molar-refractivity contribution in [2.75, 3.05) is 13.6 Å². The number of halogens is 1. The molecular weight excluding hydrogens is 344 g/mol. The maximum atomic E-state index is 3.85. The van der Waals surface area contributed by atoms with Crippen molar-refractivity contribution in [2.45, 2.75) is 63.6 Å². The van der Waals surface area contributed by atoms with Crippen LogP contribution in [-0.2, 0) is 6.42 Å². The van der Waals surface area contributed by atoms with Crippen LogP contribution in [0.3, 0.4) is 0 Å². The van der Waals surface area contributed by atoms with Gasteiger partial charge in [0.1, 0.15) is 0 Å². The van der Waals surface area contributed by atoms with Crippen LogP contribution in [0.2, 0.25) is 0 Å². The molecule has 2 fully saturated rings. The molecule has 2 nitrogen and oxygen atoms in total. The molecule has 0 saturated carbocycles. The smallest absolute Gasteiger partial charge is 0.0701 e. The van der Waals surface area contributed by atoms with Crippen LogP contribution in [0, 0.1) is 5.92 Å². The molecule has 3 atom stereocenters. The van der Waals surface area contributed by atoms with Crippen LogP contribution in [0.1, 0.15) is 43.9 Å². The van der Waals surface area contributed by atoms with Crippen LogP contribution in [0.4, 0.5) is 0 Å². The zero-order chi connectivity index (χ0) is 14.8. The molecular formula is C17H27BrN2S. The highest BCUT2D eigenvalue weighted by atomic mass is 79.9. The summed E-state index contributed by atoms with van der Waals surface area (Å²) in [6, 6.07) is 6.82. The summed E-state index contributed by atoms with van der Waals surface area (Å²) in [7, 11) is 2.34. The van der Waals surface area contributed by atoms with Gasteiger partial charge in [-0.25, -0.2) is 0 Å². The maximum absolute atomic E-state index is 3.85. The van der Waals surface area contributed by atoms with Gasteiger partial charge >= 0.3 is 0 Å². The van der Waals surface area contributed by atoms with Gasteiger partial charge in [-0.2, -0.15) is 0 Å². The summed E-state index contributed by atoms with van der Waals surface area (Å²) in [6.07, 6.45) is 8.04. The summed E-state index contributed by atoms with van der Waals surface area (Å²) in [5.74, 6) is 0.853. The van der Waals surface area contributed by atoms with Gasteiger partial charge in [0.05, 0.1) is 3.79 Å². The summed E-state index contributed by atoms with van der Waals surface area (Å²) >= 11 is 5.50. The van der Waals surface area contributed by atoms with Crippen molar-refractivity contribution >= 4 is 27.3 Å². The summed E-state index contributed by atoms with van der Waals surface area (Å²) < 4.78 is 1.26. The van der Waals surface area contributed by atoms with Crippen LogP contribution in [0.5, 0.6) is 0 Å². The molecule has 0 aliphatic carbocycles. The van der Waals surface area contributed by atoms with Crippen molar-refractivity contribution in [1.29, 1.82) is 0 Å². The van der Waals surface area contributed by atoms with Gasteiger partial charge < -0.3 is 10.2 Å². The molecule has 3 heterocycles. The van der Waals surface area contributed by atoms with Crippen molar-refractivity contribution in [3.05, 3.63) is 20.8 Å². The minimum atomic E-state index is 0.660. The lowest BCUT2D eigenvalue weighted by Gasteiger charge is -2.40. The molecule has 3 rings (SSSR count). The van der Waals surface area contributed by atoms with E-state index >= 15 is 0 Å². The summed E-state index contributed by atoms with van der Waals surface area (Å²) in [4.78, 5) is 4.16. The molecule has 21 heavy (non-hydrogen) atoms. The minimum absolute atomic E-state index is 0.660. The lowest BCUT2D eigenvalue weighted by molar-refractivity contribution is 0.112. The summed E-state index contributed by atoms with van der Waals surface area (Å²) in [6.45, 7) is 3.42. The van der Waals surface area contributed by atoms with E-state index in [0.29, 0.717) is 6.04 Å². The Bertz CT molecular complexity index is 447. The minimum Gasteiger partial charge on any atom is -0.313 e. The number of nitrogens with zero attached hydrogens (tertiary/aromatic N) is 1. The number of hydrogen-bond acceptors (Lipinski definition) is 3. The number of rotatable bonds is 6. The molecule has 1 aromatic rings. The van der Waals surface area contributed by atoms with Gasteiger partial charge in [0.15, 0.2) is 0 Å². The predicted molar refractivity (Wildman–Crippen MR) is 95.1 cm³/mol. The van der Waals surface area contributed by atoms with Gasteiger partial charge in [0.2, 0.25) is 0 Å². The highest BCUT2D eigenvalue weighted by Crippen LogP contribution is 2.39. The normalized spacial score (nSPS) is 30.7. The van der Waals surface area contributed by atoms with E-state index in [1.54, 1.807) is 0 Å². The average molecular weight is 371 g/mol. The highest BCUT2D eigenvalue weighted by molar-refractivity contribution is 9.11. The number of nitrogens with one attached hydrogen (secondary N) is 1. The molecule has 2 aliphatic rings. The van der Waals surface area contributed by atoms with Crippen molar-refractivity contribution in [3.8, 4) is 0 Å². The Morgan fingerprint density at radius 2 is 2.05 bits per heavy atom. The van der Waals surface area contributed by atoms with Gasteiger partial charge in [-0.15, -0.1) is 11.3 Å². The molecule has 118 valence electrons. The molecule has 0 radical (unpaired) electrons. The van der Waals surface area contributed by atoms with E-state index < -0.39 is 0 Å². The van der Waals surface area contributed by atoms with Crippen LogP contribution in [0.25, 0.3) is 0 Å². The SMILES string of the molecule is CCCNC(Cc1ccc(Br)s1)C1CC2CCC(C1)N2C. The van der Waals surface area contributed by atoms with Crippen molar-refractivity contribution in [1.82, 2.24) is 10.2 Å². The van der Waals surface area contributed by atoms with E-state index in [1.165, 1.54) is 47.2 Å². The lowest BCUT2D eigenvalue weighted by Crippen LogP contribution is -2.48. The quantitative estimate of drug-likeness (QED) is 0.802. The Labute approximate surface area is 141 Å². The van der Waals surface area contributed by atoms with Crippen LogP contribution in [0.15, 0.2) is 15.9 Å². The van der Waals surface area contributed by atoms with E-state index in [2.05, 4.69) is 52.3 Å². The van der Waals surface area contributed by atoms with Crippen LogP contribution < -0.4 is 5.32 Å². The monoisotopic (exact) mass is 370 g/mol. The first kappa shape index (κ1) is 16.0. The third kappa shape index (κ3) is 3.72. The summed E-state index contributed by atoms with van der Waals surface area (Å²) in [5, 5.41) is 3.85. The second-order valence-electron chi connectivity index (χ2n) is 6.75. The standard InChI is InChI=1S/C17H27BrN2S/c1-3-8-19-16(11-15-6-7-17(18)21-15)12-9-13-4-5-14(10-12)20(13)2/h6-7,12-14,16,19H,3-5,8-11H2,1-2H3. The first-order valence-corrected chi connectivity index (χ1v) is 9.97. The maximum Gasteiger partial charge on any atom is 0.0701 e. The fourth-order valence-corrected chi connectivity index (χ4v) is 5.74. The molecule has 2 aliphatic heterocycles. The highest BCUT2D eigenvalue weighted by Gasteiger charge is 2.40. The van der Waals surface area contributed by atoms with E-state index in [1.807, 2.05) is 11.3 Å². The van der Waals surface area contributed by atoms with Crippen molar-refractivity contribution < 1.29 is 0 Å². The largest absolute Gasteiger partial charge is 0.313 e. The number of fused-ring (bicyclic) bond motifs is 2. The van der Waals surface area contributed by atoms with Gasteiger partial charge in [0.25, 0.3) is 0 Å². The third-order valence-corrected chi connectivity index (χ3v) is 7.06. The molecule has 0 amide bonds. The molecule has 0 spiro atoms. The van der Waals surface area contributed by atoms with Crippen LogP contribution >= 0.6 is 27.3 Å². The first-order valence-electron chi connectivity index (χ1n) is 8.37. The molecule has 1 aromatic heterocycles. The van der Waals surface area contributed by atoms with E-state index in [-0.39, 0.29) is 0 Å². The molecule has 3 unspecified atom stereocenters. The number of hydrogen-bond donors (Lipinski definition) is 1. The van der Waals surface area contributed by atoms with E-state index in [4.69, 9.17) is 0 Å². The second kappa shape index (κ2) is 7.12. The molecule has 4 heteroatoms. The topological polar surface area (TPSA) is 15.3 Å². The lowest BCUT2D eigenvalue weighted by atomic mass is 9.83. The number of piperidine rings is 1. The average Bonchev–Trinajstić information content (AvgIpc) is 2.94. The molecule has 0 aromatic carbocycles. The fraction of sp³-hybridized carbons (Fsp3) is 0.765. The van der Waals surface area contributed by atoms with Gasteiger partial charge in [0, 0.05) is 23.0 Å². The molecule has 2 saturated heterocycles. The fourth-order valence-electron chi connectivity index (χ4n) is 4.20. The van der Waals surface area contributed by atoms with Crippen LogP contribution in [-0.4, -0.2) is 36.6 Å². The third-order valence-electron chi connectivity index (χ3n) is 5.41. The molecule has 2 bridgehead atoms. The summed E-state index contributed by atoms with van der Waals surface area (Å²) in [5.41, 5.74) is 0. The number of thiophene rings is 1. The van der Waals surface area contributed by atoms with Gasteiger partial charge in [-0.05, 0) is 86.1 Å².